The lowest BCUT2D eigenvalue weighted by Gasteiger charge is -2.16. The summed E-state index contributed by atoms with van der Waals surface area (Å²) < 4.78 is 33.3. The number of nitrogens with zero attached hydrogens (tertiary/aromatic N) is 1. The Kier molecular flexibility index (Phi) is 7.41. The van der Waals surface area contributed by atoms with Crippen molar-refractivity contribution in [2.24, 2.45) is 0 Å². The van der Waals surface area contributed by atoms with Gasteiger partial charge in [-0.3, -0.25) is 14.6 Å². The highest BCUT2D eigenvalue weighted by Gasteiger charge is 2.22. The first kappa shape index (κ1) is 23.9. The molecular formula is C23H24N4O5S. The second kappa shape index (κ2) is 10.2. The molecule has 9 nitrogen and oxygen atoms in total. The van der Waals surface area contributed by atoms with Gasteiger partial charge in [-0.05, 0) is 74.0 Å². The Bertz CT molecular complexity index is 1250. The van der Waals surface area contributed by atoms with Crippen molar-refractivity contribution in [1.29, 1.82) is 0 Å². The molecular weight excluding hydrogens is 444 g/mol. The zero-order valence-corrected chi connectivity index (χ0v) is 19.1. The summed E-state index contributed by atoms with van der Waals surface area (Å²) in [5.41, 5.74) is 1.75. The highest BCUT2D eigenvalue weighted by Crippen LogP contribution is 2.27. The van der Waals surface area contributed by atoms with Gasteiger partial charge in [0.25, 0.3) is 0 Å². The number of aromatic nitrogens is 1. The van der Waals surface area contributed by atoms with Crippen LogP contribution >= 0.6 is 0 Å². The number of carbonyl (C=O) groups is 2. The van der Waals surface area contributed by atoms with Crippen molar-refractivity contribution in [2.75, 3.05) is 10.6 Å². The molecule has 0 bridgehead atoms. The summed E-state index contributed by atoms with van der Waals surface area (Å²) in [5.74, 6) is 0.415. The molecule has 10 heteroatoms. The maximum atomic E-state index is 12.6. The van der Waals surface area contributed by atoms with Crippen molar-refractivity contribution in [2.45, 2.75) is 31.7 Å². The number of carbonyl (C=O) groups excluding carboxylic acids is 2. The highest BCUT2D eigenvalue weighted by atomic mass is 32.2. The maximum Gasteiger partial charge on any atom is 0.242 e. The summed E-state index contributed by atoms with van der Waals surface area (Å²) in [6, 6.07) is 13.3. The smallest absolute Gasteiger partial charge is 0.242 e. The summed E-state index contributed by atoms with van der Waals surface area (Å²) in [7, 11) is -3.94. The van der Waals surface area contributed by atoms with Crippen LogP contribution in [0.3, 0.4) is 0 Å². The minimum absolute atomic E-state index is 0.0241. The summed E-state index contributed by atoms with van der Waals surface area (Å²) in [5, 5.41) is 5.26. The van der Waals surface area contributed by atoms with Crippen LogP contribution in [0.2, 0.25) is 0 Å². The van der Waals surface area contributed by atoms with Crippen LogP contribution in [0.15, 0.2) is 71.9 Å². The molecule has 3 rings (SSSR count). The lowest BCUT2D eigenvalue weighted by Crippen LogP contribution is -2.41. The Morgan fingerprint density at radius 3 is 2.30 bits per heavy atom. The Morgan fingerprint density at radius 2 is 1.70 bits per heavy atom. The molecule has 3 N–H and O–H groups in total. The van der Waals surface area contributed by atoms with E-state index in [-0.39, 0.29) is 10.8 Å². The van der Waals surface area contributed by atoms with Gasteiger partial charge in [0.05, 0.1) is 17.1 Å². The van der Waals surface area contributed by atoms with Gasteiger partial charge in [0.2, 0.25) is 21.8 Å². The SMILES string of the molecule is CC(=O)Nc1ccc(S(=O)(=O)N[C@@H](C)C(=O)Nc2ccc(Oc3cccnc3)c(C)c2)cc1. The summed E-state index contributed by atoms with van der Waals surface area (Å²) in [6.45, 7) is 4.64. The fourth-order valence-electron chi connectivity index (χ4n) is 2.90. The number of sulfonamides is 1. The number of nitrogens with one attached hydrogen (secondary N) is 3. The molecule has 0 fully saturated rings. The van der Waals surface area contributed by atoms with Crippen molar-refractivity contribution < 1.29 is 22.7 Å². The molecule has 0 aliphatic rings. The summed E-state index contributed by atoms with van der Waals surface area (Å²) >= 11 is 0. The van der Waals surface area contributed by atoms with Gasteiger partial charge < -0.3 is 15.4 Å². The van der Waals surface area contributed by atoms with Crippen LogP contribution < -0.4 is 20.1 Å². The summed E-state index contributed by atoms with van der Waals surface area (Å²) in [4.78, 5) is 27.6. The van der Waals surface area contributed by atoms with Crippen LogP contribution in [-0.4, -0.2) is 31.3 Å². The number of rotatable bonds is 8. The van der Waals surface area contributed by atoms with Gasteiger partial charge in [-0.1, -0.05) is 0 Å². The molecule has 0 aliphatic carbocycles. The van der Waals surface area contributed by atoms with Crippen molar-refractivity contribution in [3.8, 4) is 11.5 Å². The first-order valence-electron chi connectivity index (χ1n) is 10.0. The number of anilines is 2. The molecule has 2 amide bonds. The van der Waals surface area contributed by atoms with Crippen molar-refractivity contribution in [3.63, 3.8) is 0 Å². The number of benzene rings is 2. The third-order valence-corrected chi connectivity index (χ3v) is 6.07. The van der Waals surface area contributed by atoms with E-state index in [1.54, 1.807) is 42.7 Å². The number of pyridine rings is 1. The second-order valence-electron chi connectivity index (χ2n) is 7.31. The molecule has 0 aliphatic heterocycles. The molecule has 2 aromatic carbocycles. The summed E-state index contributed by atoms with van der Waals surface area (Å²) in [6.07, 6.45) is 3.24. The predicted octanol–water partition coefficient (Wildman–Crippen LogP) is 3.45. The largest absolute Gasteiger partial charge is 0.455 e. The van der Waals surface area contributed by atoms with Crippen LogP contribution in [0, 0.1) is 6.92 Å². The molecule has 0 radical (unpaired) electrons. The maximum absolute atomic E-state index is 12.6. The van der Waals surface area contributed by atoms with Crippen LogP contribution in [0.4, 0.5) is 11.4 Å². The van der Waals surface area contributed by atoms with Gasteiger partial charge in [0.15, 0.2) is 0 Å². The van der Waals surface area contributed by atoms with Gasteiger partial charge in [-0.2, -0.15) is 4.72 Å². The van der Waals surface area contributed by atoms with E-state index in [1.807, 2.05) is 6.92 Å². The Labute approximate surface area is 192 Å². The topological polar surface area (TPSA) is 126 Å². The minimum atomic E-state index is -3.94. The van der Waals surface area contributed by atoms with Crippen molar-refractivity contribution in [1.82, 2.24) is 9.71 Å². The zero-order valence-electron chi connectivity index (χ0n) is 18.3. The monoisotopic (exact) mass is 468 g/mol. The zero-order chi connectivity index (χ0) is 24.0. The molecule has 0 unspecified atom stereocenters. The van der Waals surface area contributed by atoms with Crippen LogP contribution in [0.1, 0.15) is 19.4 Å². The Morgan fingerprint density at radius 1 is 1.00 bits per heavy atom. The van der Waals surface area contributed by atoms with E-state index in [0.717, 1.165) is 5.56 Å². The highest BCUT2D eigenvalue weighted by molar-refractivity contribution is 7.89. The van der Waals surface area contributed by atoms with E-state index in [4.69, 9.17) is 4.74 Å². The van der Waals surface area contributed by atoms with E-state index in [2.05, 4.69) is 20.3 Å². The molecule has 0 saturated heterocycles. The Hall–Kier alpha value is -3.76. The van der Waals surface area contributed by atoms with Crippen LogP contribution in [-0.2, 0) is 19.6 Å². The third-order valence-electron chi connectivity index (χ3n) is 4.51. The van der Waals surface area contributed by atoms with Crippen molar-refractivity contribution in [3.05, 3.63) is 72.6 Å². The van der Waals surface area contributed by atoms with E-state index < -0.39 is 22.0 Å². The normalized spacial score (nSPS) is 12.0. The van der Waals surface area contributed by atoms with Gasteiger partial charge in [0.1, 0.15) is 11.5 Å². The molecule has 1 atom stereocenters. The van der Waals surface area contributed by atoms with Crippen LogP contribution in [0.25, 0.3) is 0 Å². The first-order chi connectivity index (χ1) is 15.6. The molecule has 3 aromatic rings. The number of hydrogen-bond donors (Lipinski definition) is 3. The van der Waals surface area contributed by atoms with Crippen LogP contribution in [0.5, 0.6) is 11.5 Å². The number of amides is 2. The molecule has 1 aromatic heterocycles. The van der Waals surface area contributed by atoms with Crippen molar-refractivity contribution >= 4 is 33.2 Å². The number of hydrogen-bond acceptors (Lipinski definition) is 6. The fraction of sp³-hybridized carbons (Fsp3) is 0.174. The van der Waals surface area contributed by atoms with Gasteiger partial charge >= 0.3 is 0 Å². The molecule has 33 heavy (non-hydrogen) atoms. The first-order valence-corrected chi connectivity index (χ1v) is 11.5. The van der Waals surface area contributed by atoms with Gasteiger partial charge in [-0.15, -0.1) is 0 Å². The molecule has 0 spiro atoms. The van der Waals surface area contributed by atoms with Gasteiger partial charge in [-0.25, -0.2) is 8.42 Å². The number of aryl methyl sites for hydroxylation is 1. The van der Waals surface area contributed by atoms with E-state index in [0.29, 0.717) is 22.9 Å². The molecule has 0 saturated carbocycles. The molecule has 172 valence electrons. The average Bonchev–Trinajstić information content (AvgIpc) is 2.76. The fourth-order valence-corrected chi connectivity index (χ4v) is 4.10. The lowest BCUT2D eigenvalue weighted by atomic mass is 10.2. The standard InChI is InChI=1S/C23H24N4O5S/c1-15-13-19(8-11-22(15)32-20-5-4-12-24-14-20)26-23(29)16(2)27-33(30,31)21-9-6-18(7-10-21)25-17(3)28/h4-14,16,27H,1-3H3,(H,25,28)(H,26,29)/t16-/m0/s1. The second-order valence-corrected chi connectivity index (χ2v) is 9.02. The average molecular weight is 469 g/mol. The quantitative estimate of drug-likeness (QED) is 0.465. The molecule has 1 heterocycles. The van der Waals surface area contributed by atoms with Gasteiger partial charge in [0, 0.05) is 24.5 Å². The van der Waals surface area contributed by atoms with E-state index >= 15 is 0 Å². The number of ether oxygens (including phenoxy) is 1. The predicted molar refractivity (Wildman–Crippen MR) is 125 cm³/mol. The lowest BCUT2D eigenvalue weighted by molar-refractivity contribution is -0.117. The van der Waals surface area contributed by atoms with E-state index in [1.165, 1.54) is 38.1 Å². The van der Waals surface area contributed by atoms with E-state index in [9.17, 15) is 18.0 Å². The third kappa shape index (κ3) is 6.61. The Balaban J connectivity index is 1.62. The minimum Gasteiger partial charge on any atom is -0.455 e.